The van der Waals surface area contributed by atoms with Gasteiger partial charge in [-0.3, -0.25) is 9.59 Å². The second-order valence-electron chi connectivity index (χ2n) is 7.95. The number of aromatic nitrogens is 2. The van der Waals surface area contributed by atoms with Gasteiger partial charge in [0.15, 0.2) is 11.5 Å². The van der Waals surface area contributed by atoms with E-state index in [1.807, 2.05) is 0 Å². The Balaban J connectivity index is 1.46. The van der Waals surface area contributed by atoms with E-state index in [0.29, 0.717) is 45.4 Å². The number of nitrogens with zero attached hydrogens (tertiary/aromatic N) is 2. The standard InChI is InChI=1S/C27H25FN4O5/c1-35-23-13-20(14-24(36-2)26(23)37-3)31-27(34)18-7-5-9-22(12-18)32-16-21(15-29-32)30-25(33)11-17-6-4-8-19(28)10-17/h4-10,12-16H,11H2,1-3H3,(H,30,33)(H,31,34). The molecule has 190 valence electrons. The Morgan fingerprint density at radius 3 is 2.30 bits per heavy atom. The topological polar surface area (TPSA) is 104 Å². The minimum atomic E-state index is -0.396. The molecule has 1 heterocycles. The third kappa shape index (κ3) is 6.04. The number of nitrogens with one attached hydrogen (secondary N) is 2. The van der Waals surface area contributed by atoms with Crippen molar-refractivity contribution in [3.63, 3.8) is 0 Å². The number of carbonyl (C=O) groups excluding carboxylic acids is 2. The molecule has 0 bridgehead atoms. The highest BCUT2D eigenvalue weighted by Crippen LogP contribution is 2.40. The summed E-state index contributed by atoms with van der Waals surface area (Å²) < 4.78 is 30.9. The lowest BCUT2D eigenvalue weighted by Gasteiger charge is -2.14. The summed E-state index contributed by atoms with van der Waals surface area (Å²) in [7, 11) is 4.49. The summed E-state index contributed by atoms with van der Waals surface area (Å²) in [5.41, 5.74) is 2.50. The van der Waals surface area contributed by atoms with Crippen molar-refractivity contribution in [1.29, 1.82) is 0 Å². The van der Waals surface area contributed by atoms with Crippen molar-refractivity contribution in [2.24, 2.45) is 0 Å². The van der Waals surface area contributed by atoms with Gasteiger partial charge in [-0.25, -0.2) is 9.07 Å². The summed E-state index contributed by atoms with van der Waals surface area (Å²) in [6.07, 6.45) is 3.14. The lowest BCUT2D eigenvalue weighted by Crippen LogP contribution is -2.14. The van der Waals surface area contributed by atoms with Gasteiger partial charge >= 0.3 is 0 Å². The largest absolute Gasteiger partial charge is 0.493 e. The molecule has 0 atom stereocenters. The van der Waals surface area contributed by atoms with E-state index < -0.39 is 5.82 Å². The molecule has 4 aromatic rings. The summed E-state index contributed by atoms with van der Waals surface area (Å²) in [6, 6.07) is 16.0. The maximum absolute atomic E-state index is 13.4. The first-order valence-electron chi connectivity index (χ1n) is 11.2. The molecule has 1 aromatic heterocycles. The highest BCUT2D eigenvalue weighted by atomic mass is 19.1. The van der Waals surface area contributed by atoms with Crippen LogP contribution < -0.4 is 24.8 Å². The van der Waals surface area contributed by atoms with E-state index in [0.717, 1.165) is 0 Å². The van der Waals surface area contributed by atoms with Gasteiger partial charge in [-0.15, -0.1) is 0 Å². The van der Waals surface area contributed by atoms with E-state index in [-0.39, 0.29) is 18.2 Å². The zero-order valence-electron chi connectivity index (χ0n) is 20.4. The van der Waals surface area contributed by atoms with Crippen LogP contribution in [0.4, 0.5) is 15.8 Å². The van der Waals surface area contributed by atoms with E-state index in [1.165, 1.54) is 44.3 Å². The lowest BCUT2D eigenvalue weighted by molar-refractivity contribution is -0.115. The molecule has 0 radical (unpaired) electrons. The molecule has 0 aliphatic heterocycles. The van der Waals surface area contributed by atoms with Crippen LogP contribution in [0.15, 0.2) is 73.1 Å². The molecule has 2 amide bonds. The fourth-order valence-corrected chi connectivity index (χ4v) is 3.71. The van der Waals surface area contributed by atoms with Crippen molar-refractivity contribution < 1.29 is 28.2 Å². The molecule has 4 rings (SSSR count). The van der Waals surface area contributed by atoms with Crippen molar-refractivity contribution in [3.05, 3.63) is 90.0 Å². The van der Waals surface area contributed by atoms with Crippen molar-refractivity contribution in [2.45, 2.75) is 6.42 Å². The summed E-state index contributed by atoms with van der Waals surface area (Å²) in [6.45, 7) is 0. The molecule has 3 aromatic carbocycles. The Labute approximate surface area is 212 Å². The molecule has 0 aliphatic carbocycles. The minimum Gasteiger partial charge on any atom is -0.493 e. The Bertz CT molecular complexity index is 1410. The first-order chi connectivity index (χ1) is 17.9. The molecule has 0 aliphatic rings. The summed E-state index contributed by atoms with van der Waals surface area (Å²) in [5, 5.41) is 9.84. The normalized spacial score (nSPS) is 10.5. The Morgan fingerprint density at radius 1 is 0.892 bits per heavy atom. The molecule has 37 heavy (non-hydrogen) atoms. The predicted octanol–water partition coefficient (Wildman–Crippen LogP) is 4.47. The minimum absolute atomic E-state index is 0.0273. The number of carbonyl (C=O) groups is 2. The van der Waals surface area contributed by atoms with E-state index in [1.54, 1.807) is 54.7 Å². The molecule has 10 heteroatoms. The van der Waals surface area contributed by atoms with Gasteiger partial charge in [0.1, 0.15) is 5.82 Å². The molecule has 9 nitrogen and oxygen atoms in total. The first kappa shape index (κ1) is 25.2. The van der Waals surface area contributed by atoms with E-state index in [2.05, 4.69) is 15.7 Å². The summed E-state index contributed by atoms with van der Waals surface area (Å²) in [5.74, 6) is 0.189. The number of amides is 2. The second-order valence-corrected chi connectivity index (χ2v) is 7.95. The SMILES string of the molecule is COc1cc(NC(=O)c2cccc(-n3cc(NC(=O)Cc4cccc(F)c4)cn3)c2)cc(OC)c1OC. The predicted molar refractivity (Wildman–Crippen MR) is 136 cm³/mol. The third-order valence-corrected chi connectivity index (χ3v) is 5.42. The van der Waals surface area contributed by atoms with E-state index in [9.17, 15) is 14.0 Å². The Morgan fingerprint density at radius 2 is 1.62 bits per heavy atom. The molecule has 0 unspecified atom stereocenters. The quantitative estimate of drug-likeness (QED) is 0.349. The summed E-state index contributed by atoms with van der Waals surface area (Å²) in [4.78, 5) is 25.3. The van der Waals surface area contributed by atoms with Crippen LogP contribution in [0.2, 0.25) is 0 Å². The highest BCUT2D eigenvalue weighted by molar-refractivity contribution is 6.05. The Kier molecular flexibility index (Phi) is 7.68. The number of methoxy groups -OCH3 is 3. The number of benzene rings is 3. The van der Waals surface area contributed by atoms with Gasteiger partial charge in [0.2, 0.25) is 11.7 Å². The molecule has 0 saturated carbocycles. The fourth-order valence-electron chi connectivity index (χ4n) is 3.71. The Hall–Kier alpha value is -4.86. The van der Waals surface area contributed by atoms with E-state index >= 15 is 0 Å². The van der Waals surface area contributed by atoms with Crippen molar-refractivity contribution in [1.82, 2.24) is 9.78 Å². The number of halogens is 1. The average molecular weight is 505 g/mol. The van der Waals surface area contributed by atoms with Gasteiger partial charge in [-0.2, -0.15) is 5.10 Å². The smallest absolute Gasteiger partial charge is 0.255 e. The monoisotopic (exact) mass is 504 g/mol. The molecule has 0 fully saturated rings. The zero-order chi connectivity index (χ0) is 26.4. The van der Waals surface area contributed by atoms with Crippen LogP contribution in [-0.4, -0.2) is 42.9 Å². The van der Waals surface area contributed by atoms with Crippen LogP contribution in [-0.2, 0) is 11.2 Å². The van der Waals surface area contributed by atoms with Gasteiger partial charge in [-0.1, -0.05) is 18.2 Å². The van der Waals surface area contributed by atoms with Crippen LogP contribution in [0.25, 0.3) is 5.69 Å². The number of ether oxygens (including phenoxy) is 3. The highest BCUT2D eigenvalue weighted by Gasteiger charge is 2.16. The van der Waals surface area contributed by atoms with Gasteiger partial charge in [0.05, 0.1) is 51.5 Å². The summed E-state index contributed by atoms with van der Waals surface area (Å²) >= 11 is 0. The lowest BCUT2D eigenvalue weighted by atomic mass is 10.1. The maximum atomic E-state index is 13.4. The van der Waals surface area contributed by atoms with Gasteiger partial charge in [0.25, 0.3) is 5.91 Å². The average Bonchev–Trinajstić information content (AvgIpc) is 3.36. The van der Waals surface area contributed by atoms with E-state index in [4.69, 9.17) is 14.2 Å². The first-order valence-corrected chi connectivity index (χ1v) is 11.2. The van der Waals surface area contributed by atoms with Crippen molar-refractivity contribution in [2.75, 3.05) is 32.0 Å². The molecule has 0 spiro atoms. The van der Waals surface area contributed by atoms with Crippen LogP contribution in [0.3, 0.4) is 0 Å². The van der Waals surface area contributed by atoms with Gasteiger partial charge in [-0.05, 0) is 35.9 Å². The number of rotatable bonds is 9. The maximum Gasteiger partial charge on any atom is 0.255 e. The molecule has 0 saturated heterocycles. The third-order valence-electron chi connectivity index (χ3n) is 5.42. The van der Waals surface area contributed by atoms with Crippen LogP contribution in [0.1, 0.15) is 15.9 Å². The van der Waals surface area contributed by atoms with Crippen LogP contribution in [0.5, 0.6) is 17.2 Å². The number of anilines is 2. The van der Waals surface area contributed by atoms with Crippen LogP contribution >= 0.6 is 0 Å². The second kappa shape index (κ2) is 11.3. The number of hydrogen-bond donors (Lipinski definition) is 2. The van der Waals surface area contributed by atoms with Crippen LogP contribution in [0, 0.1) is 5.82 Å². The van der Waals surface area contributed by atoms with Gasteiger partial charge < -0.3 is 24.8 Å². The molecular formula is C27H25FN4O5. The van der Waals surface area contributed by atoms with Crippen molar-refractivity contribution >= 4 is 23.2 Å². The number of hydrogen-bond acceptors (Lipinski definition) is 6. The molecule has 2 N–H and O–H groups in total. The molecular weight excluding hydrogens is 479 g/mol. The fraction of sp³-hybridized carbons (Fsp3) is 0.148. The van der Waals surface area contributed by atoms with Crippen molar-refractivity contribution in [3.8, 4) is 22.9 Å². The van der Waals surface area contributed by atoms with Gasteiger partial charge in [0, 0.05) is 23.4 Å². The zero-order valence-corrected chi connectivity index (χ0v) is 20.4.